The number of pyridine rings is 1. The molecule has 0 saturated carbocycles. The van der Waals surface area contributed by atoms with E-state index in [0.717, 1.165) is 0 Å². The Morgan fingerprint density at radius 2 is 2.33 bits per heavy atom. The Morgan fingerprint density at radius 3 is 2.93 bits per heavy atom. The first kappa shape index (κ1) is 11.5. The molecule has 1 aromatic rings. The lowest BCUT2D eigenvalue weighted by Crippen LogP contribution is -2.24. The van der Waals surface area contributed by atoms with Gasteiger partial charge in [0.25, 0.3) is 6.43 Å². The first-order valence-electron chi connectivity index (χ1n) is 4.44. The van der Waals surface area contributed by atoms with Gasteiger partial charge in [0.2, 0.25) is 0 Å². The molecule has 0 aliphatic heterocycles. The predicted octanol–water partition coefficient (Wildman–Crippen LogP) is 1.65. The van der Waals surface area contributed by atoms with Crippen LogP contribution in [0.4, 0.5) is 8.78 Å². The molecule has 0 amide bonds. The molecule has 0 radical (unpaired) electrons. The van der Waals surface area contributed by atoms with Crippen molar-refractivity contribution in [1.29, 1.82) is 5.26 Å². The molecule has 15 heavy (non-hydrogen) atoms. The Balaban J connectivity index is 2.68. The van der Waals surface area contributed by atoms with E-state index in [-0.39, 0.29) is 6.54 Å². The van der Waals surface area contributed by atoms with Crippen molar-refractivity contribution >= 4 is 0 Å². The summed E-state index contributed by atoms with van der Waals surface area (Å²) in [6.07, 6.45) is -0.855. The van der Waals surface area contributed by atoms with Gasteiger partial charge in [-0.1, -0.05) is 6.07 Å². The van der Waals surface area contributed by atoms with Crippen LogP contribution in [0, 0.1) is 11.3 Å². The Hall–Kier alpha value is -1.54. The van der Waals surface area contributed by atoms with Gasteiger partial charge in [0.1, 0.15) is 11.8 Å². The smallest absolute Gasteiger partial charge is 0.251 e. The summed E-state index contributed by atoms with van der Waals surface area (Å²) >= 11 is 0. The first-order valence-corrected chi connectivity index (χ1v) is 4.44. The standard InChI is InChI=1S/C10H11F2N3/c1-15(7-10(11)12)6-8-3-2-4-14-9(8)5-13/h2-4,10H,6-7H2,1H3. The van der Waals surface area contributed by atoms with E-state index in [2.05, 4.69) is 4.98 Å². The second kappa shape index (κ2) is 5.37. The van der Waals surface area contributed by atoms with Crippen molar-refractivity contribution in [3.05, 3.63) is 29.6 Å². The quantitative estimate of drug-likeness (QED) is 0.760. The van der Waals surface area contributed by atoms with Crippen LogP contribution in [0.25, 0.3) is 0 Å². The summed E-state index contributed by atoms with van der Waals surface area (Å²) in [6, 6.07) is 5.33. The van der Waals surface area contributed by atoms with E-state index in [1.807, 2.05) is 6.07 Å². The summed E-state index contributed by atoms with van der Waals surface area (Å²) in [5.74, 6) is 0. The van der Waals surface area contributed by atoms with Crippen molar-refractivity contribution in [2.24, 2.45) is 0 Å². The van der Waals surface area contributed by atoms with Crippen molar-refractivity contribution in [2.75, 3.05) is 13.6 Å². The van der Waals surface area contributed by atoms with E-state index < -0.39 is 6.43 Å². The minimum Gasteiger partial charge on any atom is -0.296 e. The van der Waals surface area contributed by atoms with Crippen LogP contribution in [-0.4, -0.2) is 29.9 Å². The highest BCUT2D eigenvalue weighted by molar-refractivity contribution is 5.30. The monoisotopic (exact) mass is 211 g/mol. The average Bonchev–Trinajstić information content (AvgIpc) is 2.17. The normalized spacial score (nSPS) is 10.7. The second-order valence-electron chi connectivity index (χ2n) is 3.21. The van der Waals surface area contributed by atoms with Gasteiger partial charge in [0, 0.05) is 18.3 Å². The highest BCUT2D eigenvalue weighted by Crippen LogP contribution is 2.08. The fourth-order valence-corrected chi connectivity index (χ4v) is 1.26. The molecule has 0 atom stereocenters. The van der Waals surface area contributed by atoms with Gasteiger partial charge >= 0.3 is 0 Å². The maximum atomic E-state index is 12.0. The molecule has 0 spiro atoms. The molecule has 80 valence electrons. The highest BCUT2D eigenvalue weighted by Gasteiger charge is 2.10. The van der Waals surface area contributed by atoms with Gasteiger partial charge in [-0.15, -0.1) is 0 Å². The van der Waals surface area contributed by atoms with E-state index in [9.17, 15) is 8.78 Å². The van der Waals surface area contributed by atoms with Crippen LogP contribution in [0.1, 0.15) is 11.3 Å². The van der Waals surface area contributed by atoms with Gasteiger partial charge in [-0.25, -0.2) is 13.8 Å². The Kier molecular flexibility index (Phi) is 4.13. The van der Waals surface area contributed by atoms with Crippen molar-refractivity contribution in [1.82, 2.24) is 9.88 Å². The third-order valence-electron chi connectivity index (χ3n) is 1.89. The number of halogens is 2. The zero-order valence-corrected chi connectivity index (χ0v) is 8.32. The molecule has 1 rings (SSSR count). The molecular formula is C10H11F2N3. The van der Waals surface area contributed by atoms with Crippen LogP contribution in [-0.2, 0) is 6.54 Å². The van der Waals surface area contributed by atoms with E-state index in [4.69, 9.17) is 5.26 Å². The maximum absolute atomic E-state index is 12.0. The van der Waals surface area contributed by atoms with E-state index in [0.29, 0.717) is 17.8 Å². The predicted molar refractivity (Wildman–Crippen MR) is 51.3 cm³/mol. The Morgan fingerprint density at radius 1 is 1.60 bits per heavy atom. The number of nitrogens with zero attached hydrogens (tertiary/aromatic N) is 3. The Labute approximate surface area is 87.0 Å². The van der Waals surface area contributed by atoms with Crippen molar-refractivity contribution in [2.45, 2.75) is 13.0 Å². The summed E-state index contributed by atoms with van der Waals surface area (Å²) < 4.78 is 24.1. The maximum Gasteiger partial charge on any atom is 0.251 e. The fourth-order valence-electron chi connectivity index (χ4n) is 1.26. The molecule has 0 bridgehead atoms. The van der Waals surface area contributed by atoms with Gasteiger partial charge in [0.05, 0.1) is 6.54 Å². The lowest BCUT2D eigenvalue weighted by Gasteiger charge is -2.15. The second-order valence-corrected chi connectivity index (χ2v) is 3.21. The largest absolute Gasteiger partial charge is 0.296 e. The summed E-state index contributed by atoms with van der Waals surface area (Å²) in [7, 11) is 1.58. The molecule has 0 saturated heterocycles. The highest BCUT2D eigenvalue weighted by atomic mass is 19.3. The third-order valence-corrected chi connectivity index (χ3v) is 1.89. The van der Waals surface area contributed by atoms with Gasteiger partial charge in [0.15, 0.2) is 0 Å². The van der Waals surface area contributed by atoms with Gasteiger partial charge in [-0.2, -0.15) is 5.26 Å². The zero-order chi connectivity index (χ0) is 11.3. The van der Waals surface area contributed by atoms with Crippen molar-refractivity contribution in [3.8, 4) is 6.07 Å². The molecule has 0 fully saturated rings. The van der Waals surface area contributed by atoms with Crippen molar-refractivity contribution in [3.63, 3.8) is 0 Å². The third kappa shape index (κ3) is 3.60. The summed E-state index contributed by atoms with van der Waals surface area (Å²) in [5.41, 5.74) is 0.960. The molecule has 5 heteroatoms. The zero-order valence-electron chi connectivity index (χ0n) is 8.32. The van der Waals surface area contributed by atoms with Gasteiger partial charge < -0.3 is 0 Å². The van der Waals surface area contributed by atoms with Gasteiger partial charge in [-0.3, -0.25) is 4.90 Å². The van der Waals surface area contributed by atoms with Crippen LogP contribution in [0.3, 0.4) is 0 Å². The molecular weight excluding hydrogens is 200 g/mol. The van der Waals surface area contributed by atoms with Crippen LogP contribution in [0.2, 0.25) is 0 Å². The van der Waals surface area contributed by atoms with E-state index in [1.165, 1.54) is 11.1 Å². The first-order chi connectivity index (χ1) is 7.13. The SMILES string of the molecule is CN(Cc1cccnc1C#N)CC(F)F. The number of rotatable bonds is 4. The minimum atomic E-state index is -2.36. The van der Waals surface area contributed by atoms with Crippen LogP contribution in [0.15, 0.2) is 18.3 Å². The van der Waals surface area contributed by atoms with Crippen molar-refractivity contribution < 1.29 is 8.78 Å². The molecule has 0 unspecified atom stereocenters. The molecule has 3 nitrogen and oxygen atoms in total. The number of hydrogen-bond acceptors (Lipinski definition) is 3. The topological polar surface area (TPSA) is 39.9 Å². The molecule has 0 aliphatic rings. The van der Waals surface area contributed by atoms with Gasteiger partial charge in [-0.05, 0) is 13.1 Å². The summed E-state index contributed by atoms with van der Waals surface area (Å²) in [4.78, 5) is 5.31. The average molecular weight is 211 g/mol. The molecule has 0 aliphatic carbocycles. The van der Waals surface area contributed by atoms with Crippen LogP contribution < -0.4 is 0 Å². The van der Waals surface area contributed by atoms with E-state index >= 15 is 0 Å². The van der Waals surface area contributed by atoms with Crippen LogP contribution >= 0.6 is 0 Å². The molecule has 0 aromatic carbocycles. The number of hydrogen-bond donors (Lipinski definition) is 0. The number of aromatic nitrogens is 1. The number of nitriles is 1. The molecule has 1 aromatic heterocycles. The summed E-state index contributed by atoms with van der Waals surface area (Å²) in [5, 5.41) is 8.73. The molecule has 0 N–H and O–H groups in total. The minimum absolute atomic E-state index is 0.290. The molecule has 1 heterocycles. The fraction of sp³-hybridized carbons (Fsp3) is 0.400. The Bertz CT molecular complexity index is 360. The van der Waals surface area contributed by atoms with E-state index in [1.54, 1.807) is 19.2 Å². The van der Waals surface area contributed by atoms with Crippen LogP contribution in [0.5, 0.6) is 0 Å². The number of alkyl halides is 2. The lowest BCUT2D eigenvalue weighted by atomic mass is 10.2. The summed E-state index contributed by atoms with van der Waals surface area (Å²) in [6.45, 7) is 0.000830. The lowest BCUT2D eigenvalue weighted by molar-refractivity contribution is 0.0975.